The Balaban J connectivity index is 1.21. The molecule has 0 bridgehead atoms. The van der Waals surface area contributed by atoms with E-state index in [4.69, 9.17) is 4.74 Å². The summed E-state index contributed by atoms with van der Waals surface area (Å²) in [6, 6.07) is 38.1. The maximum Gasteiger partial charge on any atom is 0.326 e. The van der Waals surface area contributed by atoms with Gasteiger partial charge in [0.25, 0.3) is 15.9 Å². The largest absolute Gasteiger partial charge is 0.480 e. The number of halogens is 1. The molecule has 0 aliphatic heterocycles. The van der Waals surface area contributed by atoms with E-state index in [9.17, 15) is 23.1 Å². The standard InChI is InChI=1S/C40H34BrN3O6S/c1-44(2)36-15-8-14-32-31(36)13-9-17-38(32)51(48,49)43-34-23-22-28(41)25-33(34)39(45)42-35(40(46)47)24-26-18-20-27(21-19-26)30-12-6-7-16-37(30)50-29-10-4-3-5-11-29/h3-23,25,35,43H,24H2,1-2H3,(H,42,45)(H,46,47)/t35-/m0/s1. The Morgan fingerprint density at radius 1 is 0.804 bits per heavy atom. The van der Waals surface area contributed by atoms with Gasteiger partial charge in [-0.15, -0.1) is 0 Å². The van der Waals surface area contributed by atoms with E-state index in [-0.39, 0.29) is 22.6 Å². The van der Waals surface area contributed by atoms with E-state index in [1.807, 2.05) is 97.9 Å². The van der Waals surface area contributed by atoms with Crippen LogP contribution < -0.4 is 19.7 Å². The quantitative estimate of drug-likeness (QED) is 0.114. The lowest BCUT2D eigenvalue weighted by atomic mass is 9.99. The van der Waals surface area contributed by atoms with E-state index in [0.717, 1.165) is 22.2 Å². The summed E-state index contributed by atoms with van der Waals surface area (Å²) in [6.45, 7) is 0. The molecule has 258 valence electrons. The van der Waals surface area contributed by atoms with Gasteiger partial charge >= 0.3 is 5.97 Å². The second kappa shape index (κ2) is 15.1. The van der Waals surface area contributed by atoms with Crippen LogP contribution in [0.4, 0.5) is 11.4 Å². The molecule has 9 nitrogen and oxygen atoms in total. The zero-order chi connectivity index (χ0) is 36.1. The predicted molar refractivity (Wildman–Crippen MR) is 204 cm³/mol. The molecule has 0 saturated carbocycles. The van der Waals surface area contributed by atoms with Crippen molar-refractivity contribution >= 4 is 60.0 Å². The number of fused-ring (bicyclic) bond motifs is 1. The third kappa shape index (κ3) is 8.06. The van der Waals surface area contributed by atoms with Crippen molar-refractivity contribution in [1.29, 1.82) is 0 Å². The van der Waals surface area contributed by atoms with Crippen LogP contribution in [-0.4, -0.2) is 45.5 Å². The maximum atomic E-state index is 13.8. The molecule has 0 aliphatic rings. The number of hydrogen-bond donors (Lipinski definition) is 3. The van der Waals surface area contributed by atoms with Gasteiger partial charge in [0.05, 0.1) is 16.1 Å². The van der Waals surface area contributed by atoms with E-state index < -0.39 is 27.9 Å². The summed E-state index contributed by atoms with van der Waals surface area (Å²) >= 11 is 3.35. The van der Waals surface area contributed by atoms with E-state index >= 15 is 0 Å². The molecule has 0 spiro atoms. The second-order valence-corrected chi connectivity index (χ2v) is 14.6. The van der Waals surface area contributed by atoms with Gasteiger partial charge in [0.15, 0.2) is 0 Å². The van der Waals surface area contributed by atoms with Gasteiger partial charge in [-0.2, -0.15) is 0 Å². The van der Waals surface area contributed by atoms with Crippen LogP contribution in [0.2, 0.25) is 0 Å². The average molecular weight is 765 g/mol. The zero-order valence-corrected chi connectivity index (χ0v) is 30.1. The zero-order valence-electron chi connectivity index (χ0n) is 27.7. The summed E-state index contributed by atoms with van der Waals surface area (Å²) in [4.78, 5) is 28.0. The fourth-order valence-corrected chi connectivity index (χ4v) is 7.45. The number of aliphatic carboxylic acids is 1. The first-order valence-electron chi connectivity index (χ1n) is 16.0. The van der Waals surface area contributed by atoms with E-state index in [1.54, 1.807) is 36.4 Å². The van der Waals surface area contributed by atoms with Crippen LogP contribution in [0.1, 0.15) is 15.9 Å². The Hall–Kier alpha value is -5.65. The van der Waals surface area contributed by atoms with E-state index in [2.05, 4.69) is 26.0 Å². The summed E-state index contributed by atoms with van der Waals surface area (Å²) in [6.07, 6.45) is -0.0111. The maximum absolute atomic E-state index is 13.8. The van der Waals surface area contributed by atoms with Crippen molar-refractivity contribution < 1.29 is 27.9 Å². The molecule has 6 aromatic carbocycles. The number of anilines is 2. The Morgan fingerprint density at radius 3 is 2.22 bits per heavy atom. The Bertz CT molecular complexity index is 2330. The number of sulfonamides is 1. The number of rotatable bonds is 12. The first-order valence-corrected chi connectivity index (χ1v) is 18.2. The summed E-state index contributed by atoms with van der Waals surface area (Å²) in [7, 11) is -0.425. The normalized spacial score (nSPS) is 11.8. The van der Waals surface area contributed by atoms with Gasteiger partial charge in [-0.05, 0) is 59.7 Å². The molecule has 0 aromatic heterocycles. The van der Waals surface area contributed by atoms with E-state index in [0.29, 0.717) is 26.9 Å². The minimum absolute atomic E-state index is 0.00125. The first kappa shape index (κ1) is 35.2. The van der Waals surface area contributed by atoms with Crippen LogP contribution in [0.3, 0.4) is 0 Å². The van der Waals surface area contributed by atoms with Gasteiger partial charge in [-0.3, -0.25) is 9.52 Å². The lowest BCUT2D eigenvalue weighted by Crippen LogP contribution is -2.42. The van der Waals surface area contributed by atoms with Crippen LogP contribution in [0.15, 0.2) is 143 Å². The number of carboxylic acid groups (broad SMARTS) is 1. The molecule has 0 radical (unpaired) electrons. The van der Waals surface area contributed by atoms with Crippen molar-refractivity contribution in [2.24, 2.45) is 0 Å². The number of benzene rings is 6. The number of carboxylic acids is 1. The van der Waals surface area contributed by atoms with Crippen molar-refractivity contribution in [2.75, 3.05) is 23.7 Å². The molecule has 11 heteroatoms. The number of hydrogen-bond acceptors (Lipinski definition) is 6. The molecule has 0 aliphatic carbocycles. The number of carbonyl (C=O) groups is 2. The van der Waals surface area contributed by atoms with Gasteiger partial charge in [-0.25, -0.2) is 13.2 Å². The number of carbonyl (C=O) groups excluding carboxylic acids is 1. The number of nitrogens with one attached hydrogen (secondary N) is 2. The smallest absolute Gasteiger partial charge is 0.326 e. The molecule has 0 fully saturated rings. The van der Waals surface area contributed by atoms with Crippen LogP contribution in [0.5, 0.6) is 11.5 Å². The predicted octanol–water partition coefficient (Wildman–Crippen LogP) is 8.35. The molecule has 0 heterocycles. The highest BCUT2D eigenvalue weighted by Gasteiger charge is 2.26. The minimum atomic E-state index is -4.18. The van der Waals surface area contributed by atoms with Crippen LogP contribution in [0, 0.1) is 0 Å². The lowest BCUT2D eigenvalue weighted by Gasteiger charge is -2.19. The molecule has 3 N–H and O–H groups in total. The number of nitrogens with zero attached hydrogens (tertiary/aromatic N) is 1. The van der Waals surface area contributed by atoms with E-state index in [1.165, 1.54) is 18.2 Å². The fourth-order valence-electron chi connectivity index (χ4n) is 5.78. The molecular formula is C40H34BrN3O6S. The Morgan fingerprint density at radius 2 is 1.49 bits per heavy atom. The number of para-hydroxylation sites is 2. The Labute approximate surface area is 304 Å². The number of amides is 1. The first-order chi connectivity index (χ1) is 24.5. The molecule has 6 rings (SSSR count). The topological polar surface area (TPSA) is 125 Å². The summed E-state index contributed by atoms with van der Waals surface area (Å²) in [5, 5.41) is 14.0. The van der Waals surface area contributed by atoms with Gasteiger partial charge in [0, 0.05) is 47.0 Å². The highest BCUT2D eigenvalue weighted by Crippen LogP contribution is 2.34. The summed E-state index contributed by atoms with van der Waals surface area (Å²) < 4.78 is 36.8. The highest BCUT2D eigenvalue weighted by molar-refractivity contribution is 9.10. The molecule has 0 unspecified atom stereocenters. The van der Waals surface area contributed by atoms with Gasteiger partial charge in [0.1, 0.15) is 17.5 Å². The highest BCUT2D eigenvalue weighted by atomic mass is 79.9. The van der Waals surface area contributed by atoms with Crippen LogP contribution in [0.25, 0.3) is 21.9 Å². The van der Waals surface area contributed by atoms with Crippen LogP contribution >= 0.6 is 15.9 Å². The third-order valence-electron chi connectivity index (χ3n) is 8.27. The van der Waals surface area contributed by atoms with Gasteiger partial charge in [-0.1, -0.05) is 101 Å². The second-order valence-electron chi connectivity index (χ2n) is 12.0. The minimum Gasteiger partial charge on any atom is -0.480 e. The summed E-state index contributed by atoms with van der Waals surface area (Å²) in [5.41, 5.74) is 3.22. The Kier molecular flexibility index (Phi) is 10.4. The molecule has 1 atom stereocenters. The van der Waals surface area contributed by atoms with Crippen molar-refractivity contribution in [1.82, 2.24) is 5.32 Å². The third-order valence-corrected chi connectivity index (χ3v) is 10.2. The van der Waals surface area contributed by atoms with Gasteiger partial charge in [0.2, 0.25) is 0 Å². The lowest BCUT2D eigenvalue weighted by molar-refractivity contribution is -0.139. The molecule has 51 heavy (non-hydrogen) atoms. The van der Waals surface area contributed by atoms with Crippen molar-refractivity contribution in [3.8, 4) is 22.6 Å². The van der Waals surface area contributed by atoms with Gasteiger partial charge < -0.3 is 20.1 Å². The van der Waals surface area contributed by atoms with Crippen molar-refractivity contribution in [3.05, 3.63) is 149 Å². The molecule has 0 saturated heterocycles. The average Bonchev–Trinajstić information content (AvgIpc) is 3.12. The monoisotopic (exact) mass is 763 g/mol. The van der Waals surface area contributed by atoms with Crippen molar-refractivity contribution in [2.45, 2.75) is 17.4 Å². The molecule has 6 aromatic rings. The molecular weight excluding hydrogens is 730 g/mol. The SMILES string of the molecule is CN(C)c1cccc2c(S(=O)(=O)Nc3ccc(Br)cc3C(=O)N[C@@H](Cc3ccc(-c4ccccc4Oc4ccccc4)cc3)C(=O)O)cccc12. The fraction of sp³-hybridized carbons (Fsp3) is 0.100. The number of ether oxygens (including phenoxy) is 1. The molecule has 1 amide bonds. The van der Waals surface area contributed by atoms with Crippen molar-refractivity contribution in [3.63, 3.8) is 0 Å². The summed E-state index contributed by atoms with van der Waals surface area (Å²) in [5.74, 6) is -0.613. The van der Waals surface area contributed by atoms with Crippen LogP contribution in [-0.2, 0) is 21.2 Å².